The first-order chi connectivity index (χ1) is 11.8. The number of nitrogens with one attached hydrogen (secondary N) is 2. The molecule has 3 heteroatoms. The highest BCUT2D eigenvalue weighted by atomic mass is 15.1. The third kappa shape index (κ3) is 3.51. The van der Waals surface area contributed by atoms with Crippen LogP contribution in [0.25, 0.3) is 0 Å². The Morgan fingerprint density at radius 3 is 2.46 bits per heavy atom. The summed E-state index contributed by atoms with van der Waals surface area (Å²) in [5.41, 5.74) is 3.71. The Labute approximate surface area is 143 Å². The molecule has 0 aromatic heterocycles. The van der Waals surface area contributed by atoms with E-state index in [2.05, 4.69) is 47.0 Å². The van der Waals surface area contributed by atoms with E-state index in [1.807, 2.05) is 24.3 Å². The van der Waals surface area contributed by atoms with Crippen molar-refractivity contribution in [2.45, 2.75) is 43.3 Å². The van der Waals surface area contributed by atoms with Gasteiger partial charge < -0.3 is 10.6 Å². The first kappa shape index (κ1) is 15.4. The normalized spacial score (nSPS) is 23.5. The molecule has 2 aliphatic rings. The zero-order valence-corrected chi connectivity index (χ0v) is 13.8. The van der Waals surface area contributed by atoms with E-state index in [9.17, 15) is 0 Å². The van der Waals surface area contributed by atoms with Gasteiger partial charge >= 0.3 is 0 Å². The van der Waals surface area contributed by atoms with Gasteiger partial charge in [-0.3, -0.25) is 0 Å². The zero-order chi connectivity index (χ0) is 16.4. The standard InChI is InChI=1S/C21H23N3/c22-13-16-6-8-17(9-7-16)14-24-21(10-11-21)15-23-20-12-19(20)18-4-2-1-3-5-18/h1-9,19-20,23-24H,10-12,14-15H2/t19-,20+/m1/s1. The van der Waals surface area contributed by atoms with Crippen LogP contribution in [0.15, 0.2) is 54.6 Å². The highest BCUT2D eigenvalue weighted by Gasteiger charge is 2.45. The topological polar surface area (TPSA) is 47.9 Å². The van der Waals surface area contributed by atoms with Gasteiger partial charge in [-0.15, -0.1) is 0 Å². The van der Waals surface area contributed by atoms with Crippen LogP contribution in [0.1, 0.15) is 41.9 Å². The quantitative estimate of drug-likeness (QED) is 0.823. The SMILES string of the molecule is N#Cc1ccc(CNC2(CN[C@H]3C[C@@H]3c3ccccc3)CC2)cc1. The van der Waals surface area contributed by atoms with Crippen molar-refractivity contribution in [3.63, 3.8) is 0 Å². The van der Waals surface area contributed by atoms with Crippen molar-refractivity contribution in [1.82, 2.24) is 10.6 Å². The van der Waals surface area contributed by atoms with Crippen molar-refractivity contribution in [2.24, 2.45) is 0 Å². The summed E-state index contributed by atoms with van der Waals surface area (Å²) in [5, 5.41) is 16.3. The average molecular weight is 317 g/mol. The van der Waals surface area contributed by atoms with Gasteiger partial charge in [0.25, 0.3) is 0 Å². The third-order valence-corrected chi connectivity index (χ3v) is 5.32. The number of nitrogens with zero attached hydrogens (tertiary/aromatic N) is 1. The van der Waals surface area contributed by atoms with Crippen LogP contribution in [0.4, 0.5) is 0 Å². The summed E-state index contributed by atoms with van der Waals surface area (Å²) in [6, 6.07) is 21.5. The molecule has 0 amide bonds. The maximum absolute atomic E-state index is 8.86. The lowest BCUT2D eigenvalue weighted by atomic mass is 10.1. The second-order valence-electron chi connectivity index (χ2n) is 7.18. The average Bonchev–Trinajstić information content (AvgIpc) is 3.55. The van der Waals surface area contributed by atoms with Gasteiger partial charge in [-0.25, -0.2) is 0 Å². The van der Waals surface area contributed by atoms with Crippen molar-refractivity contribution < 1.29 is 0 Å². The van der Waals surface area contributed by atoms with Crippen LogP contribution in [-0.4, -0.2) is 18.1 Å². The summed E-state index contributed by atoms with van der Waals surface area (Å²) < 4.78 is 0. The first-order valence-electron chi connectivity index (χ1n) is 8.80. The lowest BCUT2D eigenvalue weighted by Crippen LogP contribution is -2.41. The Morgan fingerprint density at radius 2 is 1.79 bits per heavy atom. The molecule has 2 saturated carbocycles. The molecular formula is C21H23N3. The molecule has 24 heavy (non-hydrogen) atoms. The van der Waals surface area contributed by atoms with Crippen molar-refractivity contribution in [1.29, 1.82) is 5.26 Å². The lowest BCUT2D eigenvalue weighted by Gasteiger charge is -2.18. The highest BCUT2D eigenvalue weighted by molar-refractivity contribution is 5.32. The van der Waals surface area contributed by atoms with Crippen LogP contribution in [0.3, 0.4) is 0 Å². The Hall–Kier alpha value is -2.15. The minimum absolute atomic E-state index is 0.276. The van der Waals surface area contributed by atoms with Gasteiger partial charge in [0, 0.05) is 30.6 Å². The van der Waals surface area contributed by atoms with Crippen molar-refractivity contribution in [3.8, 4) is 6.07 Å². The number of hydrogen-bond acceptors (Lipinski definition) is 3. The van der Waals surface area contributed by atoms with Gasteiger partial charge in [0.1, 0.15) is 0 Å². The molecule has 0 heterocycles. The molecule has 3 nitrogen and oxygen atoms in total. The van der Waals surface area contributed by atoms with Gasteiger partial charge in [-0.05, 0) is 42.5 Å². The smallest absolute Gasteiger partial charge is 0.0991 e. The first-order valence-corrected chi connectivity index (χ1v) is 8.80. The van der Waals surface area contributed by atoms with Crippen LogP contribution < -0.4 is 10.6 Å². The van der Waals surface area contributed by atoms with E-state index in [0.717, 1.165) is 18.7 Å². The fourth-order valence-corrected chi connectivity index (χ4v) is 3.37. The summed E-state index contributed by atoms with van der Waals surface area (Å²) in [6.07, 6.45) is 3.76. The molecule has 2 aliphatic carbocycles. The van der Waals surface area contributed by atoms with E-state index in [0.29, 0.717) is 12.0 Å². The van der Waals surface area contributed by atoms with Crippen LogP contribution >= 0.6 is 0 Å². The van der Waals surface area contributed by atoms with Crippen LogP contribution in [0.5, 0.6) is 0 Å². The van der Waals surface area contributed by atoms with Crippen molar-refractivity contribution >= 4 is 0 Å². The number of hydrogen-bond donors (Lipinski definition) is 2. The largest absolute Gasteiger partial charge is 0.312 e. The lowest BCUT2D eigenvalue weighted by molar-refractivity contribution is 0.453. The summed E-state index contributed by atoms with van der Waals surface area (Å²) in [5.74, 6) is 0.695. The molecule has 2 N–H and O–H groups in total. The maximum atomic E-state index is 8.86. The number of nitriles is 1. The molecule has 4 rings (SSSR count). The minimum atomic E-state index is 0.276. The molecule has 0 spiro atoms. The van der Waals surface area contributed by atoms with Gasteiger partial charge in [-0.1, -0.05) is 42.5 Å². The third-order valence-electron chi connectivity index (χ3n) is 5.32. The molecule has 2 atom stereocenters. The molecule has 0 unspecified atom stereocenters. The van der Waals surface area contributed by atoms with E-state index in [-0.39, 0.29) is 5.54 Å². The van der Waals surface area contributed by atoms with Gasteiger partial charge in [0.05, 0.1) is 11.6 Å². The second-order valence-corrected chi connectivity index (χ2v) is 7.18. The summed E-state index contributed by atoms with van der Waals surface area (Å²) in [6.45, 7) is 1.93. The Morgan fingerprint density at radius 1 is 1.04 bits per heavy atom. The molecule has 2 aromatic carbocycles. The predicted molar refractivity (Wildman–Crippen MR) is 95.6 cm³/mol. The van der Waals surface area contributed by atoms with Gasteiger partial charge in [0.2, 0.25) is 0 Å². The highest BCUT2D eigenvalue weighted by Crippen LogP contribution is 2.42. The van der Waals surface area contributed by atoms with E-state index >= 15 is 0 Å². The maximum Gasteiger partial charge on any atom is 0.0991 e. The fourth-order valence-electron chi connectivity index (χ4n) is 3.37. The van der Waals surface area contributed by atoms with Crippen LogP contribution in [0, 0.1) is 11.3 Å². The Bertz CT molecular complexity index is 726. The zero-order valence-electron chi connectivity index (χ0n) is 13.8. The molecule has 0 radical (unpaired) electrons. The molecular weight excluding hydrogens is 294 g/mol. The van der Waals surface area contributed by atoms with E-state index in [1.165, 1.54) is 30.4 Å². The molecule has 0 saturated heterocycles. The molecule has 0 bridgehead atoms. The van der Waals surface area contributed by atoms with E-state index in [4.69, 9.17) is 5.26 Å². The molecule has 0 aliphatic heterocycles. The van der Waals surface area contributed by atoms with Crippen LogP contribution in [-0.2, 0) is 6.54 Å². The predicted octanol–water partition coefficient (Wildman–Crippen LogP) is 3.33. The number of rotatable bonds is 7. The Balaban J connectivity index is 1.24. The number of benzene rings is 2. The molecule has 122 valence electrons. The van der Waals surface area contributed by atoms with Crippen LogP contribution in [0.2, 0.25) is 0 Å². The second kappa shape index (κ2) is 6.39. The van der Waals surface area contributed by atoms with Gasteiger partial charge in [-0.2, -0.15) is 5.26 Å². The summed E-state index contributed by atoms with van der Waals surface area (Å²) in [4.78, 5) is 0. The molecule has 2 fully saturated rings. The Kier molecular flexibility index (Phi) is 4.10. The minimum Gasteiger partial charge on any atom is -0.312 e. The van der Waals surface area contributed by atoms with Gasteiger partial charge in [0.15, 0.2) is 0 Å². The molecule has 2 aromatic rings. The fraction of sp³-hybridized carbons (Fsp3) is 0.381. The van der Waals surface area contributed by atoms with E-state index < -0.39 is 0 Å². The van der Waals surface area contributed by atoms with Crippen molar-refractivity contribution in [2.75, 3.05) is 6.54 Å². The van der Waals surface area contributed by atoms with E-state index in [1.54, 1.807) is 0 Å². The van der Waals surface area contributed by atoms with Crippen molar-refractivity contribution in [3.05, 3.63) is 71.3 Å². The monoisotopic (exact) mass is 317 g/mol. The summed E-state index contributed by atoms with van der Waals surface area (Å²) >= 11 is 0. The summed E-state index contributed by atoms with van der Waals surface area (Å²) in [7, 11) is 0.